The summed E-state index contributed by atoms with van der Waals surface area (Å²) in [6.07, 6.45) is 0. The molecule has 1 aromatic carbocycles. The fourth-order valence-electron chi connectivity index (χ4n) is 2.07. The average molecular weight is 226 g/mol. The summed E-state index contributed by atoms with van der Waals surface area (Å²) in [7, 11) is 0. The van der Waals surface area contributed by atoms with Gasteiger partial charge in [-0.2, -0.15) is 0 Å². The largest absolute Gasteiger partial charge is 0.312 e. The van der Waals surface area contributed by atoms with Gasteiger partial charge in [0, 0.05) is 37.8 Å². The van der Waals surface area contributed by atoms with Crippen molar-refractivity contribution in [1.82, 2.24) is 10.2 Å². The highest BCUT2D eigenvalue weighted by Crippen LogP contribution is 2.14. The van der Waals surface area contributed by atoms with Gasteiger partial charge in [0.25, 0.3) is 0 Å². The Morgan fingerprint density at radius 2 is 2.25 bits per heavy atom. The zero-order chi connectivity index (χ0) is 11.5. The van der Waals surface area contributed by atoms with E-state index in [9.17, 15) is 8.78 Å². The molecular formula is C12H16F2N2. The number of nitrogens with one attached hydrogen (secondary N) is 1. The molecule has 0 amide bonds. The van der Waals surface area contributed by atoms with Crippen molar-refractivity contribution < 1.29 is 8.78 Å². The van der Waals surface area contributed by atoms with Crippen LogP contribution in [0.1, 0.15) is 12.5 Å². The van der Waals surface area contributed by atoms with Gasteiger partial charge in [0.15, 0.2) is 11.6 Å². The van der Waals surface area contributed by atoms with Gasteiger partial charge in [0.2, 0.25) is 0 Å². The van der Waals surface area contributed by atoms with Gasteiger partial charge in [0.1, 0.15) is 0 Å². The van der Waals surface area contributed by atoms with Gasteiger partial charge in [-0.05, 0) is 13.0 Å². The van der Waals surface area contributed by atoms with E-state index in [1.165, 1.54) is 0 Å². The van der Waals surface area contributed by atoms with Crippen LogP contribution in [-0.4, -0.2) is 30.6 Å². The van der Waals surface area contributed by atoms with Crippen molar-refractivity contribution >= 4 is 0 Å². The lowest BCUT2D eigenvalue weighted by Gasteiger charge is -2.31. The van der Waals surface area contributed by atoms with E-state index < -0.39 is 11.6 Å². The van der Waals surface area contributed by atoms with Crippen LogP contribution in [0.25, 0.3) is 0 Å². The van der Waals surface area contributed by atoms with Crippen molar-refractivity contribution in [3.8, 4) is 0 Å². The predicted molar refractivity (Wildman–Crippen MR) is 59.1 cm³/mol. The minimum Gasteiger partial charge on any atom is -0.312 e. The molecule has 1 unspecified atom stereocenters. The molecule has 0 spiro atoms. The molecule has 0 saturated carbocycles. The molecule has 16 heavy (non-hydrogen) atoms. The fourth-order valence-corrected chi connectivity index (χ4v) is 2.07. The van der Waals surface area contributed by atoms with Crippen molar-refractivity contribution in [2.24, 2.45) is 0 Å². The molecule has 1 saturated heterocycles. The zero-order valence-corrected chi connectivity index (χ0v) is 9.34. The quantitative estimate of drug-likeness (QED) is 0.826. The first kappa shape index (κ1) is 11.5. The Labute approximate surface area is 94.3 Å². The molecule has 0 radical (unpaired) electrons. The van der Waals surface area contributed by atoms with Gasteiger partial charge < -0.3 is 5.32 Å². The van der Waals surface area contributed by atoms with Gasteiger partial charge in [-0.15, -0.1) is 0 Å². The standard InChI is InChI=1S/C12H16F2N2/c1-9-7-16(6-5-15-9)8-10-3-2-4-11(13)12(10)14/h2-4,9,15H,5-8H2,1H3. The molecule has 1 atom stereocenters. The normalized spacial score (nSPS) is 22.3. The second-order valence-electron chi connectivity index (χ2n) is 4.30. The molecule has 88 valence electrons. The number of hydrogen-bond donors (Lipinski definition) is 1. The monoisotopic (exact) mass is 226 g/mol. The van der Waals surface area contributed by atoms with E-state index in [2.05, 4.69) is 17.1 Å². The molecule has 0 aromatic heterocycles. The lowest BCUT2D eigenvalue weighted by molar-refractivity contribution is 0.197. The van der Waals surface area contributed by atoms with Crippen LogP contribution in [0.4, 0.5) is 8.78 Å². The Hall–Kier alpha value is -1.00. The molecular weight excluding hydrogens is 210 g/mol. The first-order chi connectivity index (χ1) is 7.66. The summed E-state index contributed by atoms with van der Waals surface area (Å²) < 4.78 is 26.4. The molecule has 0 bridgehead atoms. The summed E-state index contributed by atoms with van der Waals surface area (Å²) in [4.78, 5) is 2.14. The van der Waals surface area contributed by atoms with Crippen molar-refractivity contribution in [3.05, 3.63) is 35.4 Å². The van der Waals surface area contributed by atoms with Crippen LogP contribution in [-0.2, 0) is 6.54 Å². The maximum absolute atomic E-state index is 13.4. The van der Waals surface area contributed by atoms with Crippen molar-refractivity contribution in [3.63, 3.8) is 0 Å². The fraction of sp³-hybridized carbons (Fsp3) is 0.500. The minimum absolute atomic E-state index is 0.408. The Morgan fingerprint density at radius 3 is 3.00 bits per heavy atom. The first-order valence-electron chi connectivity index (χ1n) is 5.55. The van der Waals surface area contributed by atoms with Crippen molar-refractivity contribution in [1.29, 1.82) is 0 Å². The van der Waals surface area contributed by atoms with Crippen LogP contribution in [0.2, 0.25) is 0 Å². The number of hydrogen-bond acceptors (Lipinski definition) is 2. The van der Waals surface area contributed by atoms with Crippen LogP contribution >= 0.6 is 0 Å². The number of nitrogens with zero attached hydrogens (tertiary/aromatic N) is 1. The van der Waals surface area contributed by atoms with E-state index in [1.807, 2.05) is 0 Å². The number of rotatable bonds is 2. The van der Waals surface area contributed by atoms with E-state index in [0.29, 0.717) is 18.2 Å². The minimum atomic E-state index is -0.763. The molecule has 4 heteroatoms. The third kappa shape index (κ3) is 2.57. The summed E-state index contributed by atoms with van der Waals surface area (Å²) in [5, 5.41) is 3.31. The van der Waals surface area contributed by atoms with E-state index >= 15 is 0 Å². The van der Waals surface area contributed by atoms with Crippen LogP contribution < -0.4 is 5.32 Å². The Bertz CT molecular complexity index is 368. The summed E-state index contributed by atoms with van der Waals surface area (Å²) in [5.74, 6) is -1.48. The smallest absolute Gasteiger partial charge is 0.163 e. The molecule has 1 fully saturated rings. The lowest BCUT2D eigenvalue weighted by atomic mass is 10.1. The molecule has 2 rings (SSSR count). The summed E-state index contributed by atoms with van der Waals surface area (Å²) in [5.41, 5.74) is 0.439. The van der Waals surface area contributed by atoms with Crippen LogP contribution in [0.3, 0.4) is 0 Å². The van der Waals surface area contributed by atoms with Crippen LogP contribution in [0, 0.1) is 11.6 Å². The van der Waals surface area contributed by atoms with E-state index in [4.69, 9.17) is 0 Å². The SMILES string of the molecule is CC1CN(Cc2cccc(F)c2F)CCN1. The molecule has 1 heterocycles. The molecule has 1 aliphatic heterocycles. The number of benzene rings is 1. The highest BCUT2D eigenvalue weighted by molar-refractivity contribution is 5.18. The first-order valence-corrected chi connectivity index (χ1v) is 5.55. The Morgan fingerprint density at radius 1 is 1.44 bits per heavy atom. The number of piperazine rings is 1. The Kier molecular flexibility index (Phi) is 3.51. The van der Waals surface area contributed by atoms with Gasteiger partial charge in [-0.1, -0.05) is 12.1 Å². The zero-order valence-electron chi connectivity index (χ0n) is 9.34. The van der Waals surface area contributed by atoms with E-state index in [1.54, 1.807) is 12.1 Å². The summed E-state index contributed by atoms with van der Waals surface area (Å²) in [6, 6.07) is 4.76. The second kappa shape index (κ2) is 4.89. The van der Waals surface area contributed by atoms with Gasteiger partial charge in [0.05, 0.1) is 0 Å². The van der Waals surface area contributed by atoms with E-state index in [0.717, 1.165) is 25.7 Å². The van der Waals surface area contributed by atoms with E-state index in [-0.39, 0.29) is 0 Å². The average Bonchev–Trinajstić information content (AvgIpc) is 2.25. The topological polar surface area (TPSA) is 15.3 Å². The molecule has 2 nitrogen and oxygen atoms in total. The predicted octanol–water partition coefficient (Wildman–Crippen LogP) is 1.76. The molecule has 1 aromatic rings. The highest BCUT2D eigenvalue weighted by Gasteiger charge is 2.17. The van der Waals surface area contributed by atoms with Crippen molar-refractivity contribution in [2.45, 2.75) is 19.5 Å². The van der Waals surface area contributed by atoms with Gasteiger partial charge in [-0.25, -0.2) is 8.78 Å². The summed E-state index contributed by atoms with van der Waals surface area (Å²) >= 11 is 0. The van der Waals surface area contributed by atoms with Gasteiger partial charge >= 0.3 is 0 Å². The van der Waals surface area contributed by atoms with Crippen molar-refractivity contribution in [2.75, 3.05) is 19.6 Å². The van der Waals surface area contributed by atoms with Crippen LogP contribution in [0.5, 0.6) is 0 Å². The maximum atomic E-state index is 13.4. The van der Waals surface area contributed by atoms with Crippen LogP contribution in [0.15, 0.2) is 18.2 Å². The highest BCUT2D eigenvalue weighted by atomic mass is 19.2. The molecule has 1 aliphatic rings. The maximum Gasteiger partial charge on any atom is 0.163 e. The van der Waals surface area contributed by atoms with Gasteiger partial charge in [-0.3, -0.25) is 4.90 Å². The lowest BCUT2D eigenvalue weighted by Crippen LogP contribution is -2.48. The third-order valence-electron chi connectivity index (χ3n) is 2.88. The second-order valence-corrected chi connectivity index (χ2v) is 4.30. The number of halogens is 2. The molecule has 0 aliphatic carbocycles. The summed E-state index contributed by atoms with van der Waals surface area (Å²) in [6.45, 7) is 5.22. The Balaban J connectivity index is 2.05. The third-order valence-corrected chi connectivity index (χ3v) is 2.88. The molecule has 1 N–H and O–H groups in total.